The number of nitrogens with one attached hydrogen (secondary N) is 1. The van der Waals surface area contributed by atoms with Gasteiger partial charge in [-0.25, -0.2) is 8.42 Å². The van der Waals surface area contributed by atoms with Gasteiger partial charge in [0.25, 0.3) is 0 Å². The molecule has 1 N–H and O–H groups in total. The molecule has 0 saturated heterocycles. The minimum absolute atomic E-state index is 0.150. The van der Waals surface area contributed by atoms with Crippen molar-refractivity contribution < 1.29 is 17.9 Å². The Labute approximate surface area is 132 Å². The van der Waals surface area contributed by atoms with Crippen LogP contribution in [0.5, 0.6) is 5.75 Å². The van der Waals surface area contributed by atoms with Crippen LogP contribution < -0.4 is 10.1 Å². The van der Waals surface area contributed by atoms with Crippen molar-refractivity contribution in [1.82, 2.24) is 9.62 Å². The summed E-state index contributed by atoms with van der Waals surface area (Å²) < 4.78 is 31.2. The number of hydrogen-bond acceptors (Lipinski definition) is 4. The van der Waals surface area contributed by atoms with Gasteiger partial charge in [0.1, 0.15) is 5.75 Å². The third-order valence-electron chi connectivity index (χ3n) is 3.22. The molecule has 0 aliphatic carbocycles. The molecule has 0 bridgehead atoms. The number of sulfonamides is 1. The summed E-state index contributed by atoms with van der Waals surface area (Å²) in [5.41, 5.74) is 0. The number of carbonyl (C=O) groups is 1. The first-order valence-electron chi connectivity index (χ1n) is 7.36. The van der Waals surface area contributed by atoms with Crippen molar-refractivity contribution in [2.24, 2.45) is 0 Å². The summed E-state index contributed by atoms with van der Waals surface area (Å²) >= 11 is 0. The number of rotatable bonds is 9. The van der Waals surface area contributed by atoms with E-state index in [0.29, 0.717) is 12.3 Å². The zero-order valence-corrected chi connectivity index (χ0v) is 14.1. The van der Waals surface area contributed by atoms with Gasteiger partial charge in [-0.1, -0.05) is 20.3 Å². The van der Waals surface area contributed by atoms with E-state index in [9.17, 15) is 13.2 Å². The van der Waals surface area contributed by atoms with E-state index in [2.05, 4.69) is 5.32 Å². The van der Waals surface area contributed by atoms with Gasteiger partial charge in [-0.05, 0) is 30.7 Å². The molecular formula is C15H24N2O4S. The van der Waals surface area contributed by atoms with E-state index >= 15 is 0 Å². The molecule has 0 aromatic heterocycles. The SMILES string of the molecule is CCCCNC(=O)CN(CC)S(=O)(=O)c1ccc(OC)cc1. The van der Waals surface area contributed by atoms with Gasteiger partial charge in [0.05, 0.1) is 18.6 Å². The molecule has 22 heavy (non-hydrogen) atoms. The third kappa shape index (κ3) is 4.99. The van der Waals surface area contributed by atoms with Gasteiger partial charge in [-0.3, -0.25) is 4.79 Å². The summed E-state index contributed by atoms with van der Waals surface area (Å²) in [4.78, 5) is 12.0. The molecule has 0 heterocycles. The van der Waals surface area contributed by atoms with Gasteiger partial charge in [0, 0.05) is 13.1 Å². The fraction of sp³-hybridized carbons (Fsp3) is 0.533. The first-order chi connectivity index (χ1) is 10.5. The number of carbonyl (C=O) groups excluding carboxylic acids is 1. The molecule has 1 aromatic carbocycles. The predicted octanol–water partition coefficient (Wildman–Crippen LogP) is 1.62. The standard InChI is InChI=1S/C15H24N2O4S/c1-4-6-11-16-15(18)12-17(5-2)22(19,20)14-9-7-13(21-3)8-10-14/h7-10H,4-6,11-12H2,1-3H3,(H,16,18). The van der Waals surface area contributed by atoms with Crippen LogP contribution >= 0.6 is 0 Å². The lowest BCUT2D eigenvalue weighted by Crippen LogP contribution is -2.40. The van der Waals surface area contributed by atoms with E-state index in [4.69, 9.17) is 4.74 Å². The summed E-state index contributed by atoms with van der Waals surface area (Å²) in [6.45, 7) is 4.36. The first-order valence-corrected chi connectivity index (χ1v) is 8.80. The molecule has 0 atom stereocenters. The minimum atomic E-state index is -3.68. The fourth-order valence-electron chi connectivity index (χ4n) is 1.88. The van der Waals surface area contributed by atoms with Crippen LogP contribution in [0, 0.1) is 0 Å². The Morgan fingerprint density at radius 2 is 1.86 bits per heavy atom. The van der Waals surface area contributed by atoms with Crippen molar-refractivity contribution in [2.45, 2.75) is 31.6 Å². The number of benzene rings is 1. The lowest BCUT2D eigenvalue weighted by Gasteiger charge is -2.20. The number of unbranched alkanes of at least 4 members (excludes halogenated alkanes) is 1. The molecule has 0 radical (unpaired) electrons. The predicted molar refractivity (Wildman–Crippen MR) is 85.3 cm³/mol. The lowest BCUT2D eigenvalue weighted by atomic mass is 10.3. The molecule has 6 nitrogen and oxygen atoms in total. The second-order valence-electron chi connectivity index (χ2n) is 4.81. The maximum absolute atomic E-state index is 12.5. The molecule has 0 aliphatic rings. The van der Waals surface area contributed by atoms with Gasteiger partial charge in [0.15, 0.2) is 0 Å². The first kappa shape index (κ1) is 18.4. The molecular weight excluding hydrogens is 304 g/mol. The van der Waals surface area contributed by atoms with E-state index in [1.54, 1.807) is 19.1 Å². The van der Waals surface area contributed by atoms with Crippen LogP contribution in [0.4, 0.5) is 0 Å². The molecule has 1 rings (SSSR count). The number of ether oxygens (including phenoxy) is 1. The highest BCUT2D eigenvalue weighted by molar-refractivity contribution is 7.89. The summed E-state index contributed by atoms with van der Waals surface area (Å²) in [5.74, 6) is 0.298. The molecule has 1 aromatic rings. The van der Waals surface area contributed by atoms with Crippen molar-refractivity contribution in [3.8, 4) is 5.75 Å². The maximum Gasteiger partial charge on any atom is 0.243 e. The molecule has 7 heteroatoms. The number of hydrogen-bond donors (Lipinski definition) is 1. The molecule has 0 spiro atoms. The summed E-state index contributed by atoms with van der Waals surface area (Å²) in [7, 11) is -2.17. The summed E-state index contributed by atoms with van der Waals surface area (Å²) in [6, 6.07) is 6.13. The second kappa shape index (κ2) is 8.75. The average Bonchev–Trinajstić information content (AvgIpc) is 2.52. The number of amides is 1. The zero-order valence-electron chi connectivity index (χ0n) is 13.3. The van der Waals surface area contributed by atoms with Gasteiger partial charge in [0.2, 0.25) is 15.9 Å². The summed E-state index contributed by atoms with van der Waals surface area (Å²) in [5, 5.41) is 2.73. The third-order valence-corrected chi connectivity index (χ3v) is 5.16. The van der Waals surface area contributed by atoms with Gasteiger partial charge < -0.3 is 10.1 Å². The molecule has 0 aliphatic heterocycles. The average molecular weight is 328 g/mol. The molecule has 0 fully saturated rings. The molecule has 1 amide bonds. The van der Waals surface area contributed by atoms with Gasteiger partial charge in [-0.15, -0.1) is 0 Å². The van der Waals surface area contributed by atoms with Gasteiger partial charge >= 0.3 is 0 Å². The van der Waals surface area contributed by atoms with Crippen LogP contribution in [0.3, 0.4) is 0 Å². The second-order valence-corrected chi connectivity index (χ2v) is 6.75. The maximum atomic E-state index is 12.5. The van der Waals surface area contributed by atoms with Crippen molar-refractivity contribution in [3.05, 3.63) is 24.3 Å². The smallest absolute Gasteiger partial charge is 0.243 e. The van der Waals surface area contributed by atoms with Crippen molar-refractivity contribution in [3.63, 3.8) is 0 Å². The molecule has 0 saturated carbocycles. The highest BCUT2D eigenvalue weighted by Gasteiger charge is 2.25. The molecule has 124 valence electrons. The minimum Gasteiger partial charge on any atom is -0.497 e. The zero-order chi connectivity index (χ0) is 16.6. The Balaban J connectivity index is 2.80. The number of methoxy groups -OCH3 is 1. The Morgan fingerprint density at radius 1 is 1.23 bits per heavy atom. The van der Waals surface area contributed by atoms with Crippen LogP contribution in [-0.2, 0) is 14.8 Å². The van der Waals surface area contributed by atoms with Crippen LogP contribution in [0.15, 0.2) is 29.2 Å². The van der Waals surface area contributed by atoms with E-state index < -0.39 is 10.0 Å². The Bertz CT molecular complexity index is 570. The topological polar surface area (TPSA) is 75.7 Å². The van der Waals surface area contributed by atoms with Gasteiger partial charge in [-0.2, -0.15) is 4.31 Å². The van der Waals surface area contributed by atoms with E-state index in [-0.39, 0.29) is 23.9 Å². The number of likely N-dealkylation sites (N-methyl/N-ethyl adjacent to an activating group) is 1. The Hall–Kier alpha value is -1.60. The summed E-state index contributed by atoms with van der Waals surface area (Å²) in [6.07, 6.45) is 1.85. The highest BCUT2D eigenvalue weighted by atomic mass is 32.2. The van der Waals surface area contributed by atoms with E-state index in [0.717, 1.165) is 17.1 Å². The van der Waals surface area contributed by atoms with Crippen LogP contribution in [0.25, 0.3) is 0 Å². The lowest BCUT2D eigenvalue weighted by molar-refractivity contribution is -0.121. The van der Waals surface area contributed by atoms with E-state index in [1.165, 1.54) is 19.2 Å². The normalized spacial score (nSPS) is 11.5. The largest absolute Gasteiger partial charge is 0.497 e. The Kier molecular flexibility index (Phi) is 7.34. The van der Waals surface area contributed by atoms with Crippen molar-refractivity contribution in [1.29, 1.82) is 0 Å². The van der Waals surface area contributed by atoms with Crippen LogP contribution in [0.2, 0.25) is 0 Å². The Morgan fingerprint density at radius 3 is 2.36 bits per heavy atom. The van der Waals surface area contributed by atoms with Crippen LogP contribution in [0.1, 0.15) is 26.7 Å². The molecule has 0 unspecified atom stereocenters. The highest BCUT2D eigenvalue weighted by Crippen LogP contribution is 2.19. The monoisotopic (exact) mass is 328 g/mol. The van der Waals surface area contributed by atoms with E-state index in [1.807, 2.05) is 6.92 Å². The van der Waals surface area contributed by atoms with Crippen molar-refractivity contribution >= 4 is 15.9 Å². The van der Waals surface area contributed by atoms with Crippen LogP contribution in [-0.4, -0.2) is 45.4 Å². The quantitative estimate of drug-likeness (QED) is 0.699. The number of nitrogens with zero attached hydrogens (tertiary/aromatic N) is 1. The fourth-order valence-corrected chi connectivity index (χ4v) is 3.29. The van der Waals surface area contributed by atoms with Crippen molar-refractivity contribution in [2.75, 3.05) is 26.7 Å².